The minimum atomic E-state index is 0.0248. The fourth-order valence-corrected chi connectivity index (χ4v) is 2.33. The van der Waals surface area contributed by atoms with Gasteiger partial charge in [0.25, 0.3) is 0 Å². The van der Waals surface area contributed by atoms with Crippen LogP contribution in [0, 0.1) is 6.92 Å². The molecule has 0 aromatic carbocycles. The van der Waals surface area contributed by atoms with Crippen LogP contribution in [0.4, 0.5) is 0 Å². The lowest BCUT2D eigenvalue weighted by Gasteiger charge is -2.24. The maximum Gasteiger partial charge on any atom is 0.177 e. The molecule has 0 aliphatic carbocycles. The number of nitrogens with zero attached hydrogens (tertiary/aromatic N) is 3. The molecule has 0 unspecified atom stereocenters. The number of rotatable bonds is 0. The predicted molar refractivity (Wildman–Crippen MR) is 76.0 cm³/mol. The minimum Gasteiger partial charge on any atom is -0.321 e. The van der Waals surface area contributed by atoms with Crippen molar-refractivity contribution in [3.63, 3.8) is 0 Å². The Kier molecular flexibility index (Phi) is 2.76. The van der Waals surface area contributed by atoms with Crippen LogP contribution in [-0.4, -0.2) is 14.5 Å². The van der Waals surface area contributed by atoms with Crippen LogP contribution in [-0.2, 0) is 11.0 Å². The van der Waals surface area contributed by atoms with Crippen molar-refractivity contribution < 1.29 is 0 Å². The predicted octanol–water partition coefficient (Wildman–Crippen LogP) is 3.79. The summed E-state index contributed by atoms with van der Waals surface area (Å²) in [6.45, 7) is 15.3. The molecule has 2 aromatic heterocycles. The molecule has 0 aliphatic rings. The molecule has 0 N–H and O–H groups in total. The van der Waals surface area contributed by atoms with Crippen molar-refractivity contribution in [1.82, 2.24) is 14.5 Å². The van der Waals surface area contributed by atoms with Gasteiger partial charge in [-0.3, -0.25) is 0 Å². The molecular formula is C15H23N3. The van der Waals surface area contributed by atoms with Crippen molar-refractivity contribution in [3.05, 3.63) is 23.7 Å². The highest BCUT2D eigenvalue weighted by Gasteiger charge is 2.22. The average molecular weight is 245 g/mol. The molecule has 2 heterocycles. The smallest absolute Gasteiger partial charge is 0.177 e. The van der Waals surface area contributed by atoms with Gasteiger partial charge in [-0.05, 0) is 44.7 Å². The first-order chi connectivity index (χ1) is 8.10. The van der Waals surface area contributed by atoms with Crippen LogP contribution >= 0.6 is 0 Å². The maximum absolute atomic E-state index is 4.55. The van der Waals surface area contributed by atoms with E-state index in [1.165, 1.54) is 5.56 Å². The van der Waals surface area contributed by atoms with Crippen molar-refractivity contribution in [1.29, 1.82) is 0 Å². The summed E-state index contributed by atoms with van der Waals surface area (Å²) in [7, 11) is 0. The van der Waals surface area contributed by atoms with Crippen LogP contribution in [0.5, 0.6) is 0 Å². The minimum absolute atomic E-state index is 0.0248. The zero-order chi connectivity index (χ0) is 13.7. The normalized spacial score (nSPS) is 13.3. The molecule has 0 aliphatic heterocycles. The van der Waals surface area contributed by atoms with Gasteiger partial charge < -0.3 is 4.57 Å². The lowest BCUT2D eigenvalue weighted by molar-refractivity contribution is 0.399. The summed E-state index contributed by atoms with van der Waals surface area (Å²) >= 11 is 0. The number of hydrogen-bond donors (Lipinski definition) is 0. The largest absolute Gasteiger partial charge is 0.321 e. The zero-order valence-corrected chi connectivity index (χ0v) is 12.5. The first-order valence-electron chi connectivity index (χ1n) is 6.47. The Balaban J connectivity index is 2.76. The first-order valence-corrected chi connectivity index (χ1v) is 6.47. The van der Waals surface area contributed by atoms with E-state index in [0.717, 1.165) is 17.0 Å². The Morgan fingerprint density at radius 3 is 2.17 bits per heavy atom. The van der Waals surface area contributed by atoms with E-state index in [1.54, 1.807) is 0 Å². The molecule has 0 spiro atoms. The van der Waals surface area contributed by atoms with E-state index < -0.39 is 0 Å². The Morgan fingerprint density at radius 2 is 1.67 bits per heavy atom. The Hall–Kier alpha value is -1.38. The number of pyridine rings is 1. The van der Waals surface area contributed by atoms with Crippen molar-refractivity contribution >= 4 is 11.2 Å². The Labute approximate surface area is 109 Å². The second kappa shape index (κ2) is 3.81. The molecule has 3 heteroatoms. The van der Waals surface area contributed by atoms with E-state index in [4.69, 9.17) is 0 Å². The highest BCUT2D eigenvalue weighted by molar-refractivity contribution is 5.73. The summed E-state index contributed by atoms with van der Waals surface area (Å²) in [6, 6.07) is 2.23. The van der Waals surface area contributed by atoms with Crippen molar-refractivity contribution in [2.24, 2.45) is 0 Å². The van der Waals surface area contributed by atoms with Gasteiger partial charge >= 0.3 is 0 Å². The molecule has 2 rings (SSSR count). The number of imidazole rings is 1. The van der Waals surface area contributed by atoms with Gasteiger partial charge in [0.1, 0.15) is 5.82 Å². The van der Waals surface area contributed by atoms with E-state index in [9.17, 15) is 0 Å². The maximum atomic E-state index is 4.55. The van der Waals surface area contributed by atoms with Crippen LogP contribution in [0.25, 0.3) is 11.2 Å². The number of fused-ring (bicyclic) bond motifs is 1. The first kappa shape index (κ1) is 13.1. The molecular weight excluding hydrogens is 222 g/mol. The van der Waals surface area contributed by atoms with Crippen molar-refractivity contribution in [2.45, 2.75) is 59.4 Å². The van der Waals surface area contributed by atoms with Gasteiger partial charge in [0, 0.05) is 11.7 Å². The van der Waals surface area contributed by atoms with Gasteiger partial charge in [-0.15, -0.1) is 0 Å². The highest BCUT2D eigenvalue weighted by atomic mass is 15.1. The molecule has 0 fully saturated rings. The molecule has 0 saturated carbocycles. The molecule has 18 heavy (non-hydrogen) atoms. The third-order valence-electron chi connectivity index (χ3n) is 3.22. The van der Waals surface area contributed by atoms with Crippen LogP contribution in [0.15, 0.2) is 12.3 Å². The summed E-state index contributed by atoms with van der Waals surface area (Å²) in [6.07, 6.45) is 1.95. The van der Waals surface area contributed by atoms with Crippen LogP contribution < -0.4 is 0 Å². The fraction of sp³-hybridized carbons (Fsp3) is 0.600. The average Bonchev–Trinajstić information content (AvgIpc) is 2.49. The Bertz CT molecular complexity index is 580. The molecule has 3 nitrogen and oxygen atoms in total. The van der Waals surface area contributed by atoms with Crippen LogP contribution in [0.3, 0.4) is 0 Å². The van der Waals surface area contributed by atoms with Gasteiger partial charge in [0.2, 0.25) is 0 Å². The van der Waals surface area contributed by atoms with Crippen LogP contribution in [0.2, 0.25) is 0 Å². The second-order valence-electron chi connectivity index (χ2n) is 6.98. The number of aryl methyl sites for hydroxylation is 1. The van der Waals surface area contributed by atoms with E-state index in [0.29, 0.717) is 0 Å². The molecule has 0 radical (unpaired) electrons. The molecule has 98 valence electrons. The third-order valence-corrected chi connectivity index (χ3v) is 3.22. The van der Waals surface area contributed by atoms with E-state index in [1.807, 2.05) is 13.1 Å². The molecule has 2 aromatic rings. The number of hydrogen-bond acceptors (Lipinski definition) is 2. The zero-order valence-electron chi connectivity index (χ0n) is 12.5. The number of aromatic nitrogens is 3. The molecule has 0 saturated heterocycles. The van der Waals surface area contributed by atoms with E-state index in [2.05, 4.69) is 62.1 Å². The quantitative estimate of drug-likeness (QED) is 0.707. The summed E-state index contributed by atoms with van der Waals surface area (Å²) < 4.78 is 2.27. The summed E-state index contributed by atoms with van der Waals surface area (Å²) in [5, 5.41) is 0. The van der Waals surface area contributed by atoms with Crippen molar-refractivity contribution in [3.8, 4) is 0 Å². The Morgan fingerprint density at radius 1 is 1.06 bits per heavy atom. The second-order valence-corrected chi connectivity index (χ2v) is 6.98. The standard InChI is InChI=1S/C15H23N3/c1-10-17-13-12(18(10)15(5,6)7)8-11(9-16-13)14(2,3)4/h8-9H,1-7H3. The molecule has 0 bridgehead atoms. The van der Waals surface area contributed by atoms with Crippen LogP contribution in [0.1, 0.15) is 52.9 Å². The van der Waals surface area contributed by atoms with Gasteiger partial charge in [-0.25, -0.2) is 9.97 Å². The van der Waals surface area contributed by atoms with E-state index in [-0.39, 0.29) is 11.0 Å². The topological polar surface area (TPSA) is 30.7 Å². The third kappa shape index (κ3) is 2.14. The van der Waals surface area contributed by atoms with Gasteiger partial charge in [0.05, 0.1) is 5.52 Å². The van der Waals surface area contributed by atoms with Gasteiger partial charge in [0.15, 0.2) is 5.65 Å². The SMILES string of the molecule is Cc1nc2ncc(C(C)(C)C)cc2n1C(C)(C)C. The van der Waals surface area contributed by atoms with Gasteiger partial charge in [-0.2, -0.15) is 0 Å². The van der Waals surface area contributed by atoms with Crippen molar-refractivity contribution in [2.75, 3.05) is 0 Å². The van der Waals surface area contributed by atoms with Gasteiger partial charge in [-0.1, -0.05) is 20.8 Å². The lowest BCUT2D eigenvalue weighted by Crippen LogP contribution is -2.23. The summed E-state index contributed by atoms with van der Waals surface area (Å²) in [4.78, 5) is 9.07. The monoisotopic (exact) mass is 245 g/mol. The summed E-state index contributed by atoms with van der Waals surface area (Å²) in [5.74, 6) is 1.02. The fourth-order valence-electron chi connectivity index (χ4n) is 2.33. The highest BCUT2D eigenvalue weighted by Crippen LogP contribution is 2.28. The molecule has 0 amide bonds. The van der Waals surface area contributed by atoms with E-state index >= 15 is 0 Å². The molecule has 0 atom stereocenters. The summed E-state index contributed by atoms with van der Waals surface area (Å²) in [5.41, 5.74) is 3.36. The lowest BCUT2D eigenvalue weighted by atomic mass is 9.88.